The van der Waals surface area contributed by atoms with Crippen LogP contribution in [0.3, 0.4) is 0 Å². The molecule has 174 valence electrons. The number of imidazole rings is 1. The summed E-state index contributed by atoms with van der Waals surface area (Å²) in [6.45, 7) is 1.42. The molecule has 0 fully saturated rings. The fraction of sp³-hybridized carbons (Fsp3) is 0.182. The Balaban J connectivity index is 1.85. The minimum atomic E-state index is -5.85. The number of pyridine rings is 2. The summed E-state index contributed by atoms with van der Waals surface area (Å²) in [5.74, 6) is -5.17. The molecule has 0 aliphatic rings. The van der Waals surface area contributed by atoms with E-state index in [2.05, 4.69) is 20.2 Å². The average molecular weight is 475 g/mol. The van der Waals surface area contributed by atoms with E-state index in [0.717, 1.165) is 18.0 Å². The lowest BCUT2D eigenvalue weighted by atomic mass is 9.96. The fourth-order valence-electron chi connectivity index (χ4n) is 3.67. The minimum absolute atomic E-state index is 0.0416. The second-order valence-electron chi connectivity index (χ2n) is 7.60. The van der Waals surface area contributed by atoms with E-state index in [-0.39, 0.29) is 35.0 Å². The molecule has 0 amide bonds. The third-order valence-electron chi connectivity index (χ3n) is 5.49. The Bertz CT molecular complexity index is 1530. The van der Waals surface area contributed by atoms with Crippen molar-refractivity contribution in [1.82, 2.24) is 24.6 Å². The highest BCUT2D eigenvalue weighted by Crippen LogP contribution is 2.45. The molecule has 4 heterocycles. The molecular formula is C22H14F5N5O2. The number of halogens is 5. The molecule has 0 radical (unpaired) electrons. The first kappa shape index (κ1) is 21.9. The summed E-state index contributed by atoms with van der Waals surface area (Å²) in [4.78, 5) is 7.99. The van der Waals surface area contributed by atoms with Gasteiger partial charge in [-0.15, -0.1) is 10.2 Å². The number of hydrogen-bond acceptors (Lipinski definition) is 6. The molecule has 1 aromatic carbocycles. The molecular weight excluding hydrogens is 461 g/mol. The SMILES string of the molecule is Cc1ccc(-c2cc(C(F)(F)C(F)(F)F)nc3c2ccc2nc(-c4nnco4)cn23)cc1CO. The Kier molecular flexibility index (Phi) is 4.86. The van der Waals surface area contributed by atoms with Crippen molar-refractivity contribution in [3.05, 3.63) is 65.8 Å². The zero-order valence-electron chi connectivity index (χ0n) is 17.3. The molecule has 0 aliphatic carbocycles. The summed E-state index contributed by atoms with van der Waals surface area (Å²) in [6, 6.07) is 8.60. The van der Waals surface area contributed by atoms with Crippen molar-refractivity contribution < 1.29 is 31.5 Å². The van der Waals surface area contributed by atoms with Crippen LogP contribution >= 0.6 is 0 Å². The molecule has 0 saturated carbocycles. The van der Waals surface area contributed by atoms with Crippen molar-refractivity contribution in [3.63, 3.8) is 0 Å². The highest BCUT2D eigenvalue weighted by atomic mass is 19.4. The standard InChI is InChI=1S/C22H14F5N5O2/c1-11-2-3-12(6-13(11)9-33)15-7-17(21(23,24)22(25,26)27)30-19-14(15)4-5-18-29-16(8-32(18)19)20-31-28-10-34-20/h2-8,10,33H,9H2,1H3. The van der Waals surface area contributed by atoms with Gasteiger partial charge in [-0.3, -0.25) is 4.40 Å². The Morgan fingerprint density at radius 3 is 2.50 bits per heavy atom. The number of hydrogen-bond donors (Lipinski definition) is 1. The summed E-state index contributed by atoms with van der Waals surface area (Å²) in [5, 5.41) is 17.2. The number of fused-ring (bicyclic) bond motifs is 3. The summed E-state index contributed by atoms with van der Waals surface area (Å²) in [6.07, 6.45) is -3.41. The first-order valence-corrected chi connectivity index (χ1v) is 9.85. The van der Waals surface area contributed by atoms with Gasteiger partial charge in [0.15, 0.2) is 0 Å². The summed E-state index contributed by atoms with van der Waals surface area (Å²) < 4.78 is 75.0. The molecule has 12 heteroatoms. The number of aliphatic hydroxyl groups excluding tert-OH is 1. The maximum atomic E-state index is 14.4. The minimum Gasteiger partial charge on any atom is -0.422 e. The van der Waals surface area contributed by atoms with Gasteiger partial charge in [-0.05, 0) is 53.4 Å². The molecule has 0 bridgehead atoms. The number of aliphatic hydroxyl groups is 1. The average Bonchev–Trinajstić information content (AvgIpc) is 3.47. The van der Waals surface area contributed by atoms with Crippen molar-refractivity contribution >= 4 is 16.7 Å². The van der Waals surface area contributed by atoms with Crippen LogP contribution in [-0.2, 0) is 12.5 Å². The Morgan fingerprint density at radius 1 is 1.03 bits per heavy atom. The summed E-state index contributed by atoms with van der Waals surface area (Å²) >= 11 is 0. The third-order valence-corrected chi connectivity index (χ3v) is 5.49. The molecule has 5 rings (SSSR count). The summed E-state index contributed by atoms with van der Waals surface area (Å²) in [5.41, 5.74) is 0.477. The quantitative estimate of drug-likeness (QED) is 0.366. The van der Waals surface area contributed by atoms with Gasteiger partial charge in [-0.2, -0.15) is 22.0 Å². The van der Waals surface area contributed by atoms with Gasteiger partial charge < -0.3 is 9.52 Å². The van der Waals surface area contributed by atoms with Crippen molar-refractivity contribution in [3.8, 4) is 22.7 Å². The van der Waals surface area contributed by atoms with Gasteiger partial charge in [-0.25, -0.2) is 9.97 Å². The number of benzene rings is 1. The van der Waals surface area contributed by atoms with Crippen LogP contribution in [0.5, 0.6) is 0 Å². The van der Waals surface area contributed by atoms with Crippen LogP contribution in [0.25, 0.3) is 39.4 Å². The maximum Gasteiger partial charge on any atom is 0.459 e. The lowest BCUT2D eigenvalue weighted by Crippen LogP contribution is -2.34. The van der Waals surface area contributed by atoms with Crippen molar-refractivity contribution in [2.45, 2.75) is 25.6 Å². The van der Waals surface area contributed by atoms with Crippen molar-refractivity contribution in [2.24, 2.45) is 0 Å². The molecule has 0 saturated heterocycles. The monoisotopic (exact) mass is 475 g/mol. The van der Waals surface area contributed by atoms with Crippen LogP contribution in [-0.4, -0.2) is 35.8 Å². The zero-order chi connectivity index (χ0) is 24.3. The topological polar surface area (TPSA) is 89.3 Å². The van der Waals surface area contributed by atoms with Crippen LogP contribution < -0.4 is 0 Å². The molecule has 0 spiro atoms. The Morgan fingerprint density at radius 2 is 1.82 bits per heavy atom. The van der Waals surface area contributed by atoms with Crippen molar-refractivity contribution in [2.75, 3.05) is 0 Å². The number of aryl methyl sites for hydroxylation is 1. The van der Waals surface area contributed by atoms with Crippen LogP contribution in [0.15, 0.2) is 53.4 Å². The number of rotatable bonds is 4. The van der Waals surface area contributed by atoms with E-state index in [1.54, 1.807) is 31.2 Å². The molecule has 1 N–H and O–H groups in total. The van der Waals surface area contributed by atoms with Gasteiger partial charge >= 0.3 is 12.1 Å². The van der Waals surface area contributed by atoms with Gasteiger partial charge in [0.25, 0.3) is 5.89 Å². The second-order valence-corrected chi connectivity index (χ2v) is 7.60. The number of aromatic nitrogens is 5. The van der Waals surface area contributed by atoms with Gasteiger partial charge in [-0.1, -0.05) is 12.1 Å². The predicted molar refractivity (Wildman–Crippen MR) is 110 cm³/mol. The highest BCUT2D eigenvalue weighted by molar-refractivity contribution is 5.95. The van der Waals surface area contributed by atoms with Gasteiger partial charge in [0.2, 0.25) is 6.39 Å². The molecule has 0 atom stereocenters. The largest absolute Gasteiger partial charge is 0.459 e. The van der Waals surface area contributed by atoms with Crippen molar-refractivity contribution in [1.29, 1.82) is 0 Å². The molecule has 0 aliphatic heterocycles. The van der Waals surface area contributed by atoms with E-state index in [1.165, 1.54) is 16.7 Å². The highest BCUT2D eigenvalue weighted by Gasteiger charge is 2.60. The number of alkyl halides is 5. The van der Waals surface area contributed by atoms with Gasteiger partial charge in [0, 0.05) is 11.6 Å². The first-order valence-electron chi connectivity index (χ1n) is 9.85. The van der Waals surface area contributed by atoms with E-state index in [9.17, 15) is 27.1 Å². The van der Waals surface area contributed by atoms with Crippen LogP contribution in [0.2, 0.25) is 0 Å². The zero-order valence-corrected chi connectivity index (χ0v) is 17.3. The normalized spacial score (nSPS) is 12.7. The van der Waals surface area contributed by atoms with Crippen LogP contribution in [0.4, 0.5) is 22.0 Å². The Hall–Kier alpha value is -3.93. The Labute approximate surface area is 187 Å². The predicted octanol–water partition coefficient (Wildman–Crippen LogP) is 5.05. The van der Waals surface area contributed by atoms with E-state index >= 15 is 0 Å². The molecule has 34 heavy (non-hydrogen) atoms. The smallest absolute Gasteiger partial charge is 0.422 e. The number of nitrogens with zero attached hydrogens (tertiary/aromatic N) is 5. The molecule has 7 nitrogen and oxygen atoms in total. The second kappa shape index (κ2) is 7.55. The molecule has 5 aromatic rings. The molecule has 0 unspecified atom stereocenters. The third kappa shape index (κ3) is 3.37. The lowest BCUT2D eigenvalue weighted by molar-refractivity contribution is -0.290. The fourth-order valence-corrected chi connectivity index (χ4v) is 3.67. The van der Waals surface area contributed by atoms with Crippen LogP contribution in [0, 0.1) is 6.92 Å². The van der Waals surface area contributed by atoms with E-state index in [0.29, 0.717) is 16.5 Å². The van der Waals surface area contributed by atoms with Gasteiger partial charge in [0.1, 0.15) is 22.7 Å². The van der Waals surface area contributed by atoms with E-state index < -0.39 is 17.8 Å². The first-order chi connectivity index (χ1) is 16.1. The van der Waals surface area contributed by atoms with Crippen LogP contribution in [0.1, 0.15) is 16.8 Å². The van der Waals surface area contributed by atoms with E-state index in [4.69, 9.17) is 4.42 Å². The lowest BCUT2D eigenvalue weighted by Gasteiger charge is -2.21. The van der Waals surface area contributed by atoms with E-state index in [1.807, 2.05) is 0 Å². The van der Waals surface area contributed by atoms with Gasteiger partial charge in [0.05, 0.1) is 6.61 Å². The summed E-state index contributed by atoms with van der Waals surface area (Å²) in [7, 11) is 0. The maximum absolute atomic E-state index is 14.4. The molecule has 4 aromatic heterocycles.